The molecule has 1 fully saturated rings. The number of aromatic nitrogens is 1. The normalized spacial score (nSPS) is 14.6. The van der Waals surface area contributed by atoms with Gasteiger partial charge in [0.25, 0.3) is 0 Å². The molecule has 26 heavy (non-hydrogen) atoms. The lowest BCUT2D eigenvalue weighted by Crippen LogP contribution is -2.38. The van der Waals surface area contributed by atoms with E-state index in [9.17, 15) is 4.79 Å². The summed E-state index contributed by atoms with van der Waals surface area (Å²) in [6.45, 7) is 5.17. The van der Waals surface area contributed by atoms with E-state index in [4.69, 9.17) is 4.74 Å². The van der Waals surface area contributed by atoms with Gasteiger partial charge in [0.05, 0.1) is 25.1 Å². The van der Waals surface area contributed by atoms with E-state index in [1.54, 1.807) is 6.20 Å². The Labute approximate surface area is 153 Å². The number of hydrogen-bond acceptors (Lipinski definition) is 5. The quantitative estimate of drug-likeness (QED) is 0.666. The number of urea groups is 1. The van der Waals surface area contributed by atoms with E-state index in [2.05, 4.69) is 25.8 Å². The molecule has 2 amide bonds. The number of carbonyl (C=O) groups is 1. The van der Waals surface area contributed by atoms with Crippen LogP contribution in [0, 0.1) is 0 Å². The van der Waals surface area contributed by atoms with Crippen molar-refractivity contribution in [3.8, 4) is 0 Å². The Balaban J connectivity index is 1.36. The van der Waals surface area contributed by atoms with E-state index < -0.39 is 0 Å². The summed E-state index contributed by atoms with van der Waals surface area (Å²) in [5, 5.41) is 8.88. The molecule has 1 aromatic carbocycles. The third kappa shape index (κ3) is 6.02. The number of para-hydroxylation sites is 1. The van der Waals surface area contributed by atoms with Crippen molar-refractivity contribution in [2.45, 2.75) is 6.42 Å². The molecule has 2 heterocycles. The summed E-state index contributed by atoms with van der Waals surface area (Å²) in [4.78, 5) is 18.6. The Bertz CT molecular complexity index is 672. The third-order valence-corrected chi connectivity index (χ3v) is 4.11. The van der Waals surface area contributed by atoms with Gasteiger partial charge in [0.15, 0.2) is 0 Å². The van der Waals surface area contributed by atoms with Crippen LogP contribution in [0.3, 0.4) is 0 Å². The molecule has 0 spiro atoms. The van der Waals surface area contributed by atoms with Gasteiger partial charge in [-0.3, -0.25) is 4.90 Å². The predicted molar refractivity (Wildman–Crippen MR) is 103 cm³/mol. The Hall–Kier alpha value is -2.64. The average molecular weight is 355 g/mol. The summed E-state index contributed by atoms with van der Waals surface area (Å²) in [6.07, 6.45) is 2.56. The molecule has 138 valence electrons. The first-order valence-corrected chi connectivity index (χ1v) is 8.93. The van der Waals surface area contributed by atoms with Gasteiger partial charge in [-0.1, -0.05) is 18.2 Å². The third-order valence-electron chi connectivity index (χ3n) is 4.11. The van der Waals surface area contributed by atoms with Crippen molar-refractivity contribution in [1.29, 1.82) is 0 Å². The average Bonchev–Trinajstić information content (AvgIpc) is 2.68. The number of carbonyl (C=O) groups excluding carboxylic acids is 1. The Morgan fingerprint density at radius 2 is 1.88 bits per heavy atom. The highest BCUT2D eigenvalue weighted by molar-refractivity contribution is 5.89. The van der Waals surface area contributed by atoms with Gasteiger partial charge in [-0.2, -0.15) is 0 Å². The van der Waals surface area contributed by atoms with Gasteiger partial charge in [0.1, 0.15) is 5.82 Å². The molecular formula is C19H25N5O2. The Morgan fingerprint density at radius 3 is 2.62 bits per heavy atom. The second-order valence-corrected chi connectivity index (χ2v) is 6.11. The molecule has 1 aromatic heterocycles. The molecule has 0 radical (unpaired) electrons. The number of morpholine rings is 1. The highest BCUT2D eigenvalue weighted by Crippen LogP contribution is 2.15. The van der Waals surface area contributed by atoms with Crippen LogP contribution >= 0.6 is 0 Å². The van der Waals surface area contributed by atoms with Crippen LogP contribution in [-0.4, -0.2) is 55.3 Å². The summed E-state index contributed by atoms with van der Waals surface area (Å²) in [7, 11) is 0. The van der Waals surface area contributed by atoms with Crippen molar-refractivity contribution >= 4 is 23.2 Å². The second kappa shape index (κ2) is 9.74. The van der Waals surface area contributed by atoms with Crippen LogP contribution in [-0.2, 0) is 4.74 Å². The monoisotopic (exact) mass is 355 g/mol. The molecule has 1 aliphatic rings. The zero-order valence-corrected chi connectivity index (χ0v) is 14.8. The number of nitrogens with one attached hydrogen (secondary N) is 3. The lowest BCUT2D eigenvalue weighted by molar-refractivity contribution is 0.0375. The second-order valence-electron chi connectivity index (χ2n) is 6.11. The first kappa shape index (κ1) is 18.2. The lowest BCUT2D eigenvalue weighted by atomic mass is 10.3. The highest BCUT2D eigenvalue weighted by Gasteiger charge is 2.09. The van der Waals surface area contributed by atoms with Crippen LogP contribution in [0.25, 0.3) is 0 Å². The fourth-order valence-corrected chi connectivity index (χ4v) is 2.72. The van der Waals surface area contributed by atoms with Crippen LogP contribution < -0.4 is 16.0 Å². The maximum atomic E-state index is 11.9. The van der Waals surface area contributed by atoms with Crippen LogP contribution in [0.2, 0.25) is 0 Å². The van der Waals surface area contributed by atoms with E-state index in [-0.39, 0.29) is 6.03 Å². The van der Waals surface area contributed by atoms with E-state index in [1.807, 2.05) is 42.5 Å². The van der Waals surface area contributed by atoms with E-state index >= 15 is 0 Å². The SMILES string of the molecule is O=C(NCCCN1CCOCC1)Nc1ccc(Nc2ccccc2)nc1. The van der Waals surface area contributed by atoms with Crippen molar-refractivity contribution in [2.24, 2.45) is 0 Å². The molecule has 2 aromatic rings. The van der Waals surface area contributed by atoms with Crippen LogP contribution in [0.1, 0.15) is 6.42 Å². The summed E-state index contributed by atoms with van der Waals surface area (Å²) in [5.74, 6) is 0.729. The molecule has 0 unspecified atom stereocenters. The topological polar surface area (TPSA) is 78.5 Å². The standard InChI is InChI=1S/C19H25N5O2/c25-19(20-9-4-10-24-11-13-26-14-12-24)23-17-7-8-18(21-15-17)22-16-5-2-1-3-6-16/h1-3,5-8,15H,4,9-14H2,(H,21,22)(H2,20,23,25). The molecule has 3 rings (SSSR count). The van der Waals surface area contributed by atoms with Crippen molar-refractivity contribution < 1.29 is 9.53 Å². The number of amides is 2. The van der Waals surface area contributed by atoms with Crippen molar-refractivity contribution in [2.75, 3.05) is 50.0 Å². The Kier molecular flexibility index (Phi) is 6.80. The number of ether oxygens (including phenoxy) is 1. The molecule has 3 N–H and O–H groups in total. The minimum atomic E-state index is -0.211. The minimum Gasteiger partial charge on any atom is -0.379 e. The highest BCUT2D eigenvalue weighted by atomic mass is 16.5. The van der Waals surface area contributed by atoms with Gasteiger partial charge in [0.2, 0.25) is 0 Å². The smallest absolute Gasteiger partial charge is 0.319 e. The maximum Gasteiger partial charge on any atom is 0.319 e. The Morgan fingerprint density at radius 1 is 1.08 bits per heavy atom. The van der Waals surface area contributed by atoms with Crippen molar-refractivity contribution in [1.82, 2.24) is 15.2 Å². The van der Waals surface area contributed by atoms with Gasteiger partial charge >= 0.3 is 6.03 Å². The summed E-state index contributed by atoms with van der Waals surface area (Å²) < 4.78 is 5.32. The number of nitrogens with zero attached hydrogens (tertiary/aromatic N) is 2. The van der Waals surface area contributed by atoms with Gasteiger partial charge in [0, 0.05) is 25.3 Å². The molecule has 0 saturated carbocycles. The summed E-state index contributed by atoms with van der Waals surface area (Å²) in [6, 6.07) is 13.3. The number of anilines is 3. The molecule has 7 nitrogen and oxygen atoms in total. The fraction of sp³-hybridized carbons (Fsp3) is 0.368. The van der Waals surface area contributed by atoms with Crippen molar-refractivity contribution in [3.63, 3.8) is 0 Å². The zero-order valence-electron chi connectivity index (χ0n) is 14.8. The fourth-order valence-electron chi connectivity index (χ4n) is 2.72. The number of benzene rings is 1. The number of pyridine rings is 1. The van der Waals surface area contributed by atoms with E-state index in [1.165, 1.54) is 0 Å². The molecule has 0 atom stereocenters. The molecule has 1 saturated heterocycles. The van der Waals surface area contributed by atoms with Crippen LogP contribution in [0.5, 0.6) is 0 Å². The molecule has 0 bridgehead atoms. The lowest BCUT2D eigenvalue weighted by Gasteiger charge is -2.26. The zero-order chi connectivity index (χ0) is 18.0. The van der Waals surface area contributed by atoms with Gasteiger partial charge in [-0.15, -0.1) is 0 Å². The van der Waals surface area contributed by atoms with Gasteiger partial charge < -0.3 is 20.7 Å². The molecular weight excluding hydrogens is 330 g/mol. The summed E-state index contributed by atoms with van der Waals surface area (Å²) in [5.41, 5.74) is 1.63. The van der Waals surface area contributed by atoms with Crippen LogP contribution in [0.15, 0.2) is 48.7 Å². The first-order valence-electron chi connectivity index (χ1n) is 8.93. The van der Waals surface area contributed by atoms with E-state index in [0.29, 0.717) is 12.2 Å². The molecule has 1 aliphatic heterocycles. The molecule has 7 heteroatoms. The number of rotatable bonds is 7. The first-order chi connectivity index (χ1) is 12.8. The van der Waals surface area contributed by atoms with Gasteiger partial charge in [-0.05, 0) is 37.2 Å². The minimum absolute atomic E-state index is 0.211. The molecule has 0 aliphatic carbocycles. The maximum absolute atomic E-state index is 11.9. The predicted octanol–water partition coefficient (Wildman–Crippen LogP) is 2.67. The summed E-state index contributed by atoms with van der Waals surface area (Å²) >= 11 is 0. The van der Waals surface area contributed by atoms with Crippen LogP contribution in [0.4, 0.5) is 22.0 Å². The van der Waals surface area contributed by atoms with E-state index in [0.717, 1.165) is 50.8 Å². The number of hydrogen-bond donors (Lipinski definition) is 3. The van der Waals surface area contributed by atoms with Crippen molar-refractivity contribution in [3.05, 3.63) is 48.7 Å². The van der Waals surface area contributed by atoms with Gasteiger partial charge in [-0.25, -0.2) is 9.78 Å². The largest absolute Gasteiger partial charge is 0.379 e.